The molecular formula is C17H22N2O2. The number of nitrogens with one attached hydrogen (secondary N) is 1. The second kappa shape index (κ2) is 5.34. The number of nitrogens with zero attached hydrogens (tertiary/aromatic N) is 1. The Balaban J connectivity index is 1.28. The molecule has 1 aromatic rings. The van der Waals surface area contributed by atoms with Gasteiger partial charge in [0, 0.05) is 18.5 Å². The lowest BCUT2D eigenvalue weighted by atomic mass is 9.86. The largest absolute Gasteiger partial charge is 0.445 e. The maximum Gasteiger partial charge on any atom is 0.407 e. The summed E-state index contributed by atoms with van der Waals surface area (Å²) >= 11 is 0. The number of fused-ring (bicyclic) bond motifs is 3. The molecule has 0 aromatic heterocycles. The third kappa shape index (κ3) is 2.77. The average molecular weight is 286 g/mol. The number of rotatable bonds is 3. The molecule has 1 aliphatic carbocycles. The molecule has 2 bridgehead atoms. The summed E-state index contributed by atoms with van der Waals surface area (Å²) in [4.78, 5) is 14.5. The number of carbonyl (C=O) groups is 1. The lowest BCUT2D eigenvalue weighted by molar-refractivity contribution is -0.0332. The second-order valence-electron chi connectivity index (χ2n) is 6.59. The minimum absolute atomic E-state index is 0.0985. The van der Waals surface area contributed by atoms with Crippen molar-refractivity contribution in [1.29, 1.82) is 0 Å². The molecule has 0 spiro atoms. The molecule has 4 fully saturated rings. The number of benzene rings is 1. The van der Waals surface area contributed by atoms with Gasteiger partial charge < -0.3 is 10.1 Å². The Morgan fingerprint density at radius 2 is 1.95 bits per heavy atom. The molecule has 0 radical (unpaired) electrons. The zero-order valence-electron chi connectivity index (χ0n) is 12.2. The standard InChI is InChI=1S/C17H22N2O2/c20-17(21-16-11-19-8-6-13(16)7-9-19)18-15-10-14(15)12-4-2-1-3-5-12/h1-5,13-16H,6-11H2,(H,18,20)/t14-,15-,16+/m0/s1. The van der Waals surface area contributed by atoms with Crippen molar-refractivity contribution >= 4 is 6.09 Å². The first-order valence-corrected chi connectivity index (χ1v) is 8.04. The van der Waals surface area contributed by atoms with Crippen molar-refractivity contribution in [3.05, 3.63) is 35.9 Å². The van der Waals surface area contributed by atoms with Crippen LogP contribution in [0.1, 0.15) is 30.7 Å². The highest BCUT2D eigenvalue weighted by Gasteiger charge is 2.41. The maximum absolute atomic E-state index is 12.1. The normalized spacial score (nSPS) is 37.0. The zero-order valence-corrected chi connectivity index (χ0v) is 12.2. The fraction of sp³-hybridized carbons (Fsp3) is 0.588. The van der Waals surface area contributed by atoms with Gasteiger partial charge in [0.15, 0.2) is 0 Å². The van der Waals surface area contributed by atoms with Crippen molar-refractivity contribution in [2.24, 2.45) is 5.92 Å². The fourth-order valence-electron chi connectivity index (χ4n) is 3.79. The van der Waals surface area contributed by atoms with Gasteiger partial charge in [0.1, 0.15) is 6.10 Å². The van der Waals surface area contributed by atoms with Crippen LogP contribution in [-0.4, -0.2) is 42.8 Å². The van der Waals surface area contributed by atoms with Crippen molar-refractivity contribution in [3.8, 4) is 0 Å². The van der Waals surface area contributed by atoms with Crippen LogP contribution in [0.2, 0.25) is 0 Å². The number of amides is 1. The van der Waals surface area contributed by atoms with E-state index in [-0.39, 0.29) is 18.2 Å². The molecule has 3 heterocycles. The van der Waals surface area contributed by atoms with Crippen molar-refractivity contribution in [1.82, 2.24) is 10.2 Å². The molecule has 5 rings (SSSR count). The zero-order chi connectivity index (χ0) is 14.2. The number of hydrogen-bond donors (Lipinski definition) is 1. The van der Waals surface area contributed by atoms with Crippen molar-refractivity contribution in [2.75, 3.05) is 19.6 Å². The topological polar surface area (TPSA) is 41.6 Å². The predicted octanol–water partition coefficient (Wildman–Crippen LogP) is 2.36. The molecule has 112 valence electrons. The Morgan fingerprint density at radius 3 is 2.62 bits per heavy atom. The van der Waals surface area contributed by atoms with E-state index < -0.39 is 0 Å². The fourth-order valence-corrected chi connectivity index (χ4v) is 3.79. The van der Waals surface area contributed by atoms with E-state index in [4.69, 9.17) is 4.74 Å². The number of alkyl carbamates (subject to hydrolysis) is 1. The Kier molecular flexibility index (Phi) is 3.34. The number of ether oxygens (including phenoxy) is 1. The van der Waals surface area contributed by atoms with Crippen LogP contribution in [0.5, 0.6) is 0 Å². The Bertz CT molecular complexity index is 511. The van der Waals surface area contributed by atoms with E-state index in [1.54, 1.807) is 0 Å². The molecule has 4 aliphatic rings. The summed E-state index contributed by atoms with van der Waals surface area (Å²) in [6, 6.07) is 10.6. The third-order valence-electron chi connectivity index (χ3n) is 5.18. The molecular weight excluding hydrogens is 264 g/mol. The molecule has 1 saturated carbocycles. The van der Waals surface area contributed by atoms with E-state index in [9.17, 15) is 4.79 Å². The SMILES string of the molecule is O=C(N[C@H]1C[C@H]1c1ccccc1)O[C@@H]1CN2CCC1CC2. The van der Waals surface area contributed by atoms with Crippen LogP contribution < -0.4 is 5.32 Å². The maximum atomic E-state index is 12.1. The lowest BCUT2D eigenvalue weighted by Gasteiger charge is -2.43. The van der Waals surface area contributed by atoms with Gasteiger partial charge in [0.05, 0.1) is 0 Å². The summed E-state index contributed by atoms with van der Waals surface area (Å²) in [7, 11) is 0. The Labute approximate surface area is 125 Å². The van der Waals surface area contributed by atoms with Crippen LogP contribution in [0.15, 0.2) is 30.3 Å². The van der Waals surface area contributed by atoms with E-state index in [0.29, 0.717) is 11.8 Å². The molecule has 21 heavy (non-hydrogen) atoms. The van der Waals surface area contributed by atoms with Gasteiger partial charge in [-0.3, -0.25) is 4.90 Å². The number of hydrogen-bond acceptors (Lipinski definition) is 3. The molecule has 1 amide bonds. The molecule has 3 atom stereocenters. The Hall–Kier alpha value is -1.55. The van der Waals surface area contributed by atoms with Crippen LogP contribution >= 0.6 is 0 Å². The van der Waals surface area contributed by atoms with Gasteiger partial charge in [-0.15, -0.1) is 0 Å². The summed E-state index contributed by atoms with van der Waals surface area (Å²) < 4.78 is 5.67. The first kappa shape index (κ1) is 13.1. The van der Waals surface area contributed by atoms with Crippen LogP contribution in [0.25, 0.3) is 0 Å². The summed E-state index contributed by atoms with van der Waals surface area (Å²) in [6.45, 7) is 3.26. The molecule has 3 saturated heterocycles. The van der Waals surface area contributed by atoms with Crippen molar-refractivity contribution < 1.29 is 9.53 Å². The van der Waals surface area contributed by atoms with E-state index >= 15 is 0 Å². The van der Waals surface area contributed by atoms with Crippen molar-refractivity contribution in [2.45, 2.75) is 37.3 Å². The third-order valence-corrected chi connectivity index (χ3v) is 5.18. The average Bonchev–Trinajstić information content (AvgIpc) is 3.28. The number of piperidine rings is 3. The van der Waals surface area contributed by atoms with E-state index in [1.165, 1.54) is 31.5 Å². The van der Waals surface area contributed by atoms with Crippen LogP contribution in [0.4, 0.5) is 4.79 Å². The summed E-state index contributed by atoms with van der Waals surface area (Å²) in [5, 5.41) is 3.03. The van der Waals surface area contributed by atoms with E-state index in [2.05, 4.69) is 34.5 Å². The quantitative estimate of drug-likeness (QED) is 0.927. The van der Waals surface area contributed by atoms with Gasteiger partial charge in [0.2, 0.25) is 0 Å². The number of carbonyl (C=O) groups excluding carboxylic acids is 1. The van der Waals surface area contributed by atoms with Crippen LogP contribution in [-0.2, 0) is 4.74 Å². The van der Waals surface area contributed by atoms with E-state index in [1.807, 2.05) is 6.07 Å². The molecule has 0 unspecified atom stereocenters. The van der Waals surface area contributed by atoms with Gasteiger partial charge in [-0.1, -0.05) is 30.3 Å². The molecule has 4 nitrogen and oxygen atoms in total. The summed E-state index contributed by atoms with van der Waals surface area (Å²) in [6.07, 6.45) is 3.25. The van der Waals surface area contributed by atoms with Gasteiger partial charge in [-0.25, -0.2) is 4.79 Å². The van der Waals surface area contributed by atoms with Crippen LogP contribution in [0, 0.1) is 5.92 Å². The lowest BCUT2D eigenvalue weighted by Crippen LogP contribution is -2.52. The second-order valence-corrected chi connectivity index (χ2v) is 6.59. The molecule has 3 aliphatic heterocycles. The molecule has 1 aromatic carbocycles. The van der Waals surface area contributed by atoms with Gasteiger partial charge in [-0.05, 0) is 43.8 Å². The monoisotopic (exact) mass is 286 g/mol. The summed E-state index contributed by atoms with van der Waals surface area (Å²) in [5.74, 6) is 1.04. The van der Waals surface area contributed by atoms with Gasteiger partial charge >= 0.3 is 6.09 Å². The minimum Gasteiger partial charge on any atom is -0.445 e. The Morgan fingerprint density at radius 1 is 1.19 bits per heavy atom. The minimum atomic E-state index is -0.225. The smallest absolute Gasteiger partial charge is 0.407 e. The first-order valence-electron chi connectivity index (χ1n) is 8.04. The van der Waals surface area contributed by atoms with Gasteiger partial charge in [0.25, 0.3) is 0 Å². The van der Waals surface area contributed by atoms with Gasteiger partial charge in [-0.2, -0.15) is 0 Å². The van der Waals surface area contributed by atoms with E-state index in [0.717, 1.165) is 13.0 Å². The highest BCUT2D eigenvalue weighted by molar-refractivity contribution is 5.68. The highest BCUT2D eigenvalue weighted by Crippen LogP contribution is 2.40. The molecule has 4 heteroatoms. The first-order chi connectivity index (χ1) is 10.3. The van der Waals surface area contributed by atoms with Crippen LogP contribution in [0.3, 0.4) is 0 Å². The highest BCUT2D eigenvalue weighted by atomic mass is 16.6. The summed E-state index contributed by atoms with van der Waals surface area (Å²) in [5.41, 5.74) is 1.31. The van der Waals surface area contributed by atoms with Crippen molar-refractivity contribution in [3.63, 3.8) is 0 Å². The molecule has 1 N–H and O–H groups in total. The predicted molar refractivity (Wildman–Crippen MR) is 80.2 cm³/mol.